The highest BCUT2D eigenvalue weighted by molar-refractivity contribution is 8.00. The summed E-state index contributed by atoms with van der Waals surface area (Å²) in [6, 6.07) is 8.42. The number of β-lactam (4-membered cyclic amide) rings is 1. The van der Waals surface area contributed by atoms with Gasteiger partial charge in [-0.1, -0.05) is 18.2 Å². The Labute approximate surface area is 131 Å². The Kier molecular flexibility index (Phi) is 4.15. The van der Waals surface area contributed by atoms with E-state index < -0.39 is 18.7 Å². The van der Waals surface area contributed by atoms with Gasteiger partial charge < -0.3 is 9.47 Å². The van der Waals surface area contributed by atoms with Gasteiger partial charge in [0.05, 0.1) is 17.4 Å². The van der Waals surface area contributed by atoms with E-state index >= 15 is 0 Å². The van der Waals surface area contributed by atoms with Gasteiger partial charge in [0.1, 0.15) is 5.70 Å². The first-order valence-electron chi connectivity index (χ1n) is 6.70. The lowest BCUT2D eigenvalue weighted by molar-refractivity contribution is -0.154. The van der Waals surface area contributed by atoms with E-state index in [9.17, 15) is 14.4 Å². The normalized spacial score (nSPS) is 19.6. The first-order chi connectivity index (χ1) is 10.7. The number of amides is 1. The zero-order valence-corrected chi connectivity index (χ0v) is 12.4. The fourth-order valence-corrected chi connectivity index (χ4v) is 3.31. The maximum atomic E-state index is 12.0. The summed E-state index contributed by atoms with van der Waals surface area (Å²) in [4.78, 5) is 36.6. The number of thioether (sulfide) groups is 1. The third-order valence-corrected chi connectivity index (χ3v) is 4.45. The molecule has 0 saturated carbocycles. The molecule has 114 valence electrons. The number of hydrogen-bond donors (Lipinski definition) is 0. The van der Waals surface area contributed by atoms with E-state index in [0.29, 0.717) is 17.7 Å². The molecule has 1 aromatic carbocycles. The van der Waals surface area contributed by atoms with Crippen molar-refractivity contribution in [1.29, 1.82) is 0 Å². The second-order valence-corrected chi connectivity index (χ2v) is 5.90. The van der Waals surface area contributed by atoms with Gasteiger partial charge in [-0.25, -0.2) is 9.59 Å². The van der Waals surface area contributed by atoms with Crippen LogP contribution >= 0.6 is 11.8 Å². The van der Waals surface area contributed by atoms with Crippen LogP contribution in [0.2, 0.25) is 0 Å². The zero-order valence-electron chi connectivity index (χ0n) is 11.6. The fourth-order valence-electron chi connectivity index (χ4n) is 2.20. The van der Waals surface area contributed by atoms with Gasteiger partial charge >= 0.3 is 11.9 Å². The average molecular weight is 319 g/mol. The van der Waals surface area contributed by atoms with Crippen molar-refractivity contribution in [3.63, 3.8) is 0 Å². The molecular weight excluding hydrogens is 306 g/mol. The van der Waals surface area contributed by atoms with Crippen molar-refractivity contribution in [1.82, 2.24) is 4.90 Å². The molecule has 7 heteroatoms. The van der Waals surface area contributed by atoms with Crippen LogP contribution in [0.15, 0.2) is 42.1 Å². The number of hydrogen-bond acceptors (Lipinski definition) is 6. The van der Waals surface area contributed by atoms with Crippen LogP contribution in [0.5, 0.6) is 0 Å². The van der Waals surface area contributed by atoms with Gasteiger partial charge in [-0.05, 0) is 18.2 Å². The Balaban J connectivity index is 1.51. The molecule has 2 aliphatic heterocycles. The minimum atomic E-state index is -0.654. The maximum Gasteiger partial charge on any atom is 0.357 e. The average Bonchev–Trinajstić information content (AvgIpc) is 2.54. The van der Waals surface area contributed by atoms with Crippen LogP contribution in [-0.4, -0.2) is 40.7 Å². The molecule has 1 aromatic rings. The number of fused-ring (bicyclic) bond motifs is 1. The van der Waals surface area contributed by atoms with Gasteiger partial charge in [0.25, 0.3) is 0 Å². The third-order valence-electron chi connectivity index (χ3n) is 3.33. The second-order valence-electron chi connectivity index (χ2n) is 4.69. The van der Waals surface area contributed by atoms with Crippen LogP contribution in [0.4, 0.5) is 0 Å². The number of carbonyl (C=O) groups is 3. The Hall–Kier alpha value is -2.28. The lowest BCUT2D eigenvalue weighted by atomic mass is 10.1. The molecule has 1 atom stereocenters. The monoisotopic (exact) mass is 319 g/mol. The Morgan fingerprint density at radius 2 is 1.91 bits per heavy atom. The predicted molar refractivity (Wildman–Crippen MR) is 78.6 cm³/mol. The number of rotatable bonds is 4. The summed E-state index contributed by atoms with van der Waals surface area (Å²) in [7, 11) is 0. The Morgan fingerprint density at radius 3 is 2.64 bits per heavy atom. The summed E-state index contributed by atoms with van der Waals surface area (Å²) < 4.78 is 9.80. The lowest BCUT2D eigenvalue weighted by Crippen LogP contribution is -2.53. The fraction of sp³-hybridized carbons (Fsp3) is 0.267. The van der Waals surface area contributed by atoms with Gasteiger partial charge in [0, 0.05) is 5.75 Å². The first-order valence-corrected chi connectivity index (χ1v) is 7.75. The van der Waals surface area contributed by atoms with Crippen LogP contribution < -0.4 is 0 Å². The Morgan fingerprint density at radius 1 is 1.18 bits per heavy atom. The highest BCUT2D eigenvalue weighted by Crippen LogP contribution is 2.37. The smallest absolute Gasteiger partial charge is 0.357 e. The van der Waals surface area contributed by atoms with Crippen molar-refractivity contribution in [3.8, 4) is 0 Å². The number of benzene rings is 1. The van der Waals surface area contributed by atoms with Crippen molar-refractivity contribution < 1.29 is 23.9 Å². The number of carbonyl (C=O) groups excluding carboxylic acids is 3. The van der Waals surface area contributed by atoms with E-state index in [4.69, 9.17) is 9.47 Å². The van der Waals surface area contributed by atoms with Gasteiger partial charge in [0.2, 0.25) is 12.7 Å². The van der Waals surface area contributed by atoms with Crippen LogP contribution in [-0.2, 0) is 19.1 Å². The van der Waals surface area contributed by atoms with Crippen LogP contribution in [0, 0.1) is 0 Å². The molecule has 0 aromatic heterocycles. The molecule has 6 nitrogen and oxygen atoms in total. The van der Waals surface area contributed by atoms with Crippen LogP contribution in [0.1, 0.15) is 16.8 Å². The van der Waals surface area contributed by atoms with Gasteiger partial charge in [-0.2, -0.15) is 0 Å². The number of nitrogens with zero attached hydrogens (tertiary/aromatic N) is 1. The van der Waals surface area contributed by atoms with E-state index in [1.807, 2.05) is 0 Å². The molecule has 3 rings (SSSR count). The minimum Gasteiger partial charge on any atom is -0.424 e. The zero-order chi connectivity index (χ0) is 15.5. The van der Waals surface area contributed by atoms with E-state index in [0.717, 1.165) is 0 Å². The summed E-state index contributed by atoms with van der Waals surface area (Å²) in [5.41, 5.74) is 0.612. The molecule has 0 radical (unpaired) electrons. The molecule has 1 fully saturated rings. The maximum absolute atomic E-state index is 12.0. The molecule has 0 aliphatic carbocycles. The molecule has 0 bridgehead atoms. The summed E-state index contributed by atoms with van der Waals surface area (Å²) in [5, 5.41) is 0.0203. The molecule has 22 heavy (non-hydrogen) atoms. The van der Waals surface area contributed by atoms with E-state index in [1.54, 1.807) is 48.2 Å². The molecule has 1 amide bonds. The summed E-state index contributed by atoms with van der Waals surface area (Å²) in [6.07, 6.45) is 2.10. The molecule has 0 spiro atoms. The van der Waals surface area contributed by atoms with Gasteiger partial charge in [0.15, 0.2) is 0 Å². The highest BCUT2D eigenvalue weighted by atomic mass is 32.2. The minimum absolute atomic E-state index is 0.0203. The second kappa shape index (κ2) is 6.23. The first kappa shape index (κ1) is 14.6. The van der Waals surface area contributed by atoms with Crippen LogP contribution in [0.25, 0.3) is 0 Å². The predicted octanol–water partition coefficient (Wildman–Crippen LogP) is 1.53. The molecule has 1 saturated heterocycles. The van der Waals surface area contributed by atoms with E-state index in [-0.39, 0.29) is 17.0 Å². The summed E-state index contributed by atoms with van der Waals surface area (Å²) in [5.74, 6) is -0.664. The van der Waals surface area contributed by atoms with Crippen molar-refractivity contribution in [2.75, 3.05) is 12.5 Å². The van der Waals surface area contributed by atoms with Crippen molar-refractivity contribution in [2.45, 2.75) is 11.8 Å². The van der Waals surface area contributed by atoms with Crippen molar-refractivity contribution in [3.05, 3.63) is 47.7 Å². The van der Waals surface area contributed by atoms with Crippen molar-refractivity contribution >= 4 is 29.6 Å². The summed E-state index contributed by atoms with van der Waals surface area (Å²) >= 11 is 1.60. The molecular formula is C15H13NO5S. The van der Waals surface area contributed by atoms with Gasteiger partial charge in [-0.3, -0.25) is 9.69 Å². The van der Waals surface area contributed by atoms with Crippen LogP contribution in [0.3, 0.4) is 0 Å². The summed E-state index contributed by atoms with van der Waals surface area (Å²) in [6.45, 7) is -0.482. The quantitative estimate of drug-likeness (QED) is 0.476. The third kappa shape index (κ3) is 2.85. The standard InChI is InChI=1S/C15H13NO5S/c17-12-8-13-16(12)11(6-7-22-13)15(19)21-9-20-14(18)10-4-2-1-3-5-10/h1-6,13H,7-9H2/t13-/m1/s1. The molecule has 0 N–H and O–H groups in total. The van der Waals surface area contributed by atoms with Crippen molar-refractivity contribution in [2.24, 2.45) is 0 Å². The highest BCUT2D eigenvalue weighted by Gasteiger charge is 2.43. The number of ether oxygens (including phenoxy) is 2. The topological polar surface area (TPSA) is 72.9 Å². The number of esters is 2. The molecule has 2 heterocycles. The van der Waals surface area contributed by atoms with E-state index in [1.165, 1.54) is 4.90 Å². The van der Waals surface area contributed by atoms with E-state index in [2.05, 4.69) is 0 Å². The molecule has 2 aliphatic rings. The Bertz CT molecular complexity index is 643. The lowest BCUT2D eigenvalue weighted by Gasteiger charge is -2.42. The SMILES string of the molecule is O=C(OCOC(=O)c1ccccc1)C1=CCS[C@@H]2CC(=O)N12. The molecule has 0 unspecified atom stereocenters. The largest absolute Gasteiger partial charge is 0.424 e. The van der Waals surface area contributed by atoms with Gasteiger partial charge in [-0.15, -0.1) is 11.8 Å².